The molecule has 0 aromatic heterocycles. The molecule has 0 bridgehead atoms. The number of rotatable bonds is 4. The molecule has 2 nitrogen and oxygen atoms in total. The molecule has 0 aliphatic heterocycles. The lowest BCUT2D eigenvalue weighted by Crippen LogP contribution is -2.30. The molecule has 0 spiro atoms. The SMILES string of the molecule is CCN(Cc1ccccc1Cl)C(=O)c1ccc(Br)c(C)c1. The Morgan fingerprint density at radius 3 is 2.57 bits per heavy atom. The van der Waals surface area contributed by atoms with Gasteiger partial charge in [-0.05, 0) is 49.2 Å². The fourth-order valence-corrected chi connectivity index (χ4v) is 2.56. The minimum absolute atomic E-state index is 0.0213. The summed E-state index contributed by atoms with van der Waals surface area (Å²) >= 11 is 9.63. The Morgan fingerprint density at radius 2 is 1.95 bits per heavy atom. The number of halogens is 2. The van der Waals surface area contributed by atoms with Crippen LogP contribution < -0.4 is 0 Å². The summed E-state index contributed by atoms with van der Waals surface area (Å²) < 4.78 is 1.01. The molecule has 0 N–H and O–H groups in total. The molecule has 0 radical (unpaired) electrons. The summed E-state index contributed by atoms with van der Waals surface area (Å²) in [6, 6.07) is 13.3. The Balaban J connectivity index is 2.22. The van der Waals surface area contributed by atoms with Gasteiger partial charge in [-0.15, -0.1) is 0 Å². The highest BCUT2D eigenvalue weighted by Gasteiger charge is 2.16. The minimum atomic E-state index is 0.0213. The second-order valence-electron chi connectivity index (χ2n) is 4.87. The maximum atomic E-state index is 12.6. The van der Waals surface area contributed by atoms with Gasteiger partial charge in [0, 0.05) is 28.1 Å². The number of aryl methyl sites for hydroxylation is 1. The van der Waals surface area contributed by atoms with Crippen LogP contribution in [0.15, 0.2) is 46.9 Å². The molecule has 0 heterocycles. The average molecular weight is 367 g/mol. The number of carbonyl (C=O) groups is 1. The first-order valence-corrected chi connectivity index (χ1v) is 7.99. The van der Waals surface area contributed by atoms with Crippen LogP contribution in [0.4, 0.5) is 0 Å². The van der Waals surface area contributed by atoms with Crippen LogP contribution in [0.1, 0.15) is 28.4 Å². The van der Waals surface area contributed by atoms with Gasteiger partial charge in [-0.2, -0.15) is 0 Å². The number of hydrogen-bond donors (Lipinski definition) is 0. The number of nitrogens with zero attached hydrogens (tertiary/aromatic N) is 1. The molecule has 0 atom stereocenters. The van der Waals surface area contributed by atoms with Gasteiger partial charge in [-0.25, -0.2) is 0 Å². The maximum absolute atomic E-state index is 12.6. The Labute approximate surface area is 138 Å². The molecule has 2 aromatic carbocycles. The van der Waals surface area contributed by atoms with Crippen molar-refractivity contribution >= 4 is 33.4 Å². The third-order valence-electron chi connectivity index (χ3n) is 3.39. The van der Waals surface area contributed by atoms with Gasteiger partial charge in [0.05, 0.1) is 0 Å². The molecule has 0 aliphatic carbocycles. The smallest absolute Gasteiger partial charge is 0.254 e. The molecule has 4 heteroatoms. The molecule has 2 aromatic rings. The van der Waals surface area contributed by atoms with Crippen LogP contribution in [0.25, 0.3) is 0 Å². The van der Waals surface area contributed by atoms with Gasteiger partial charge in [0.2, 0.25) is 0 Å². The summed E-state index contributed by atoms with van der Waals surface area (Å²) in [4.78, 5) is 14.4. The van der Waals surface area contributed by atoms with Crippen molar-refractivity contribution in [1.29, 1.82) is 0 Å². The van der Waals surface area contributed by atoms with Crippen molar-refractivity contribution in [2.24, 2.45) is 0 Å². The quantitative estimate of drug-likeness (QED) is 0.739. The fraction of sp³-hybridized carbons (Fsp3) is 0.235. The van der Waals surface area contributed by atoms with E-state index in [1.54, 1.807) is 4.90 Å². The van der Waals surface area contributed by atoms with E-state index in [-0.39, 0.29) is 5.91 Å². The van der Waals surface area contributed by atoms with E-state index < -0.39 is 0 Å². The molecule has 21 heavy (non-hydrogen) atoms. The molecule has 0 saturated heterocycles. The summed E-state index contributed by atoms with van der Waals surface area (Å²) in [5.41, 5.74) is 2.71. The number of hydrogen-bond acceptors (Lipinski definition) is 1. The standard InChI is InChI=1S/C17H17BrClNO/c1-3-20(11-14-6-4-5-7-16(14)19)17(21)13-8-9-15(18)12(2)10-13/h4-10H,3,11H2,1-2H3. The summed E-state index contributed by atoms with van der Waals surface area (Å²) in [6.45, 7) is 5.11. The van der Waals surface area contributed by atoms with Crippen molar-refractivity contribution in [3.63, 3.8) is 0 Å². The van der Waals surface area contributed by atoms with Crippen LogP contribution >= 0.6 is 27.5 Å². The van der Waals surface area contributed by atoms with Crippen LogP contribution in [0, 0.1) is 6.92 Å². The van der Waals surface area contributed by atoms with Crippen LogP contribution in [0.3, 0.4) is 0 Å². The van der Waals surface area contributed by atoms with E-state index >= 15 is 0 Å². The van der Waals surface area contributed by atoms with E-state index in [2.05, 4.69) is 15.9 Å². The Hall–Kier alpha value is -1.32. The first-order chi connectivity index (χ1) is 10.0. The van der Waals surface area contributed by atoms with E-state index in [9.17, 15) is 4.79 Å². The molecule has 2 rings (SSSR count). The van der Waals surface area contributed by atoms with Crippen LogP contribution in [0.2, 0.25) is 5.02 Å². The van der Waals surface area contributed by atoms with E-state index in [0.717, 1.165) is 15.6 Å². The monoisotopic (exact) mass is 365 g/mol. The van der Waals surface area contributed by atoms with Gasteiger partial charge >= 0.3 is 0 Å². The third-order valence-corrected chi connectivity index (χ3v) is 4.65. The lowest BCUT2D eigenvalue weighted by molar-refractivity contribution is 0.0752. The molecule has 110 valence electrons. The first-order valence-electron chi connectivity index (χ1n) is 6.81. The topological polar surface area (TPSA) is 20.3 Å². The Bertz CT molecular complexity index is 657. The molecule has 0 unspecified atom stereocenters. The van der Waals surface area contributed by atoms with Gasteiger partial charge in [-0.1, -0.05) is 45.7 Å². The van der Waals surface area contributed by atoms with Gasteiger partial charge in [0.1, 0.15) is 0 Å². The van der Waals surface area contributed by atoms with Crippen molar-refractivity contribution in [1.82, 2.24) is 4.90 Å². The van der Waals surface area contributed by atoms with E-state index in [1.165, 1.54) is 0 Å². The highest BCUT2D eigenvalue weighted by Crippen LogP contribution is 2.21. The van der Waals surface area contributed by atoms with E-state index in [1.807, 2.05) is 56.3 Å². The van der Waals surface area contributed by atoms with Gasteiger partial charge in [0.15, 0.2) is 0 Å². The Morgan fingerprint density at radius 1 is 1.24 bits per heavy atom. The molecule has 0 saturated carbocycles. The first kappa shape index (κ1) is 16.1. The molecule has 1 amide bonds. The lowest BCUT2D eigenvalue weighted by atomic mass is 10.1. The highest BCUT2D eigenvalue weighted by atomic mass is 79.9. The van der Waals surface area contributed by atoms with Gasteiger partial charge < -0.3 is 4.90 Å². The van der Waals surface area contributed by atoms with Crippen molar-refractivity contribution < 1.29 is 4.79 Å². The van der Waals surface area contributed by atoms with Crippen molar-refractivity contribution in [3.05, 3.63) is 68.7 Å². The molecule has 0 aliphatic rings. The van der Waals surface area contributed by atoms with Crippen molar-refractivity contribution in [2.45, 2.75) is 20.4 Å². The zero-order chi connectivity index (χ0) is 15.4. The molecular weight excluding hydrogens is 350 g/mol. The van der Waals surface area contributed by atoms with Crippen molar-refractivity contribution in [2.75, 3.05) is 6.54 Å². The predicted molar refractivity (Wildman–Crippen MR) is 90.7 cm³/mol. The highest BCUT2D eigenvalue weighted by molar-refractivity contribution is 9.10. The second-order valence-corrected chi connectivity index (χ2v) is 6.14. The number of amides is 1. The van der Waals surface area contributed by atoms with E-state index in [4.69, 9.17) is 11.6 Å². The van der Waals surface area contributed by atoms with Gasteiger partial charge in [0.25, 0.3) is 5.91 Å². The summed E-state index contributed by atoms with van der Waals surface area (Å²) in [5.74, 6) is 0.0213. The number of carbonyl (C=O) groups excluding carboxylic acids is 1. The predicted octanol–water partition coefficient (Wildman–Crippen LogP) is 5.07. The molecular formula is C17H17BrClNO. The normalized spacial score (nSPS) is 10.5. The maximum Gasteiger partial charge on any atom is 0.254 e. The minimum Gasteiger partial charge on any atom is -0.335 e. The van der Waals surface area contributed by atoms with E-state index in [0.29, 0.717) is 23.7 Å². The van der Waals surface area contributed by atoms with Gasteiger partial charge in [-0.3, -0.25) is 4.79 Å². The summed E-state index contributed by atoms with van der Waals surface area (Å²) in [5, 5.41) is 0.690. The fourth-order valence-electron chi connectivity index (χ4n) is 2.12. The zero-order valence-corrected chi connectivity index (χ0v) is 14.4. The largest absolute Gasteiger partial charge is 0.335 e. The van der Waals surface area contributed by atoms with Crippen LogP contribution in [-0.4, -0.2) is 17.4 Å². The number of benzene rings is 2. The average Bonchev–Trinajstić information content (AvgIpc) is 2.48. The second kappa shape index (κ2) is 7.10. The Kier molecular flexibility index (Phi) is 5.43. The summed E-state index contributed by atoms with van der Waals surface area (Å²) in [6.07, 6.45) is 0. The molecule has 0 fully saturated rings. The zero-order valence-electron chi connectivity index (χ0n) is 12.1. The lowest BCUT2D eigenvalue weighted by Gasteiger charge is -2.22. The van der Waals surface area contributed by atoms with Crippen molar-refractivity contribution in [3.8, 4) is 0 Å². The van der Waals surface area contributed by atoms with Crippen LogP contribution in [-0.2, 0) is 6.54 Å². The summed E-state index contributed by atoms with van der Waals surface area (Å²) in [7, 11) is 0. The van der Waals surface area contributed by atoms with Crippen LogP contribution in [0.5, 0.6) is 0 Å². The third kappa shape index (κ3) is 3.86.